The molecule has 2 aliphatic rings. The second-order valence-corrected chi connectivity index (χ2v) is 8.02. The van der Waals surface area contributed by atoms with Crippen LogP contribution in [0.3, 0.4) is 0 Å². The van der Waals surface area contributed by atoms with Crippen molar-refractivity contribution in [2.45, 2.75) is 24.3 Å². The van der Waals surface area contributed by atoms with E-state index >= 15 is 0 Å². The molecule has 2 aliphatic heterocycles. The molecule has 1 aromatic carbocycles. The zero-order valence-electron chi connectivity index (χ0n) is 14.0. The van der Waals surface area contributed by atoms with Crippen molar-refractivity contribution in [3.05, 3.63) is 42.0 Å². The topological polar surface area (TPSA) is 86.8 Å². The normalized spacial score (nSPS) is 21.4. The van der Waals surface area contributed by atoms with Crippen molar-refractivity contribution < 1.29 is 18.0 Å². The smallest absolute Gasteiger partial charge is 0.254 e. The van der Waals surface area contributed by atoms with Crippen LogP contribution in [-0.2, 0) is 14.8 Å². The van der Waals surface area contributed by atoms with Gasteiger partial charge in [0.2, 0.25) is 15.9 Å². The van der Waals surface area contributed by atoms with Crippen molar-refractivity contribution in [3.8, 4) is 0 Å². The molecule has 0 bridgehead atoms. The predicted octanol–water partition coefficient (Wildman–Crippen LogP) is 0.598. The minimum absolute atomic E-state index is 0.0354. The highest BCUT2D eigenvalue weighted by molar-refractivity contribution is 7.89. The zero-order chi connectivity index (χ0) is 18.0. The van der Waals surface area contributed by atoms with Crippen molar-refractivity contribution in [2.75, 3.05) is 26.2 Å². The minimum atomic E-state index is -3.81. The van der Waals surface area contributed by atoms with Gasteiger partial charge in [0.25, 0.3) is 5.91 Å². The van der Waals surface area contributed by atoms with Crippen molar-refractivity contribution in [1.29, 1.82) is 0 Å². The Morgan fingerprint density at radius 1 is 1.36 bits per heavy atom. The van der Waals surface area contributed by atoms with E-state index in [1.807, 2.05) is 19.1 Å². The number of amides is 2. The number of nitrogens with zero attached hydrogens (tertiary/aromatic N) is 2. The number of sulfonamides is 1. The molecule has 1 N–H and O–H groups in total. The third-order valence-corrected chi connectivity index (χ3v) is 6.30. The van der Waals surface area contributed by atoms with E-state index in [0.717, 1.165) is 10.7 Å². The van der Waals surface area contributed by atoms with E-state index in [0.29, 0.717) is 12.1 Å². The van der Waals surface area contributed by atoms with Crippen LogP contribution in [0.25, 0.3) is 0 Å². The van der Waals surface area contributed by atoms with Crippen molar-refractivity contribution >= 4 is 21.8 Å². The fourth-order valence-electron chi connectivity index (χ4n) is 3.09. The Morgan fingerprint density at radius 2 is 2.16 bits per heavy atom. The van der Waals surface area contributed by atoms with Gasteiger partial charge in [-0.3, -0.25) is 9.59 Å². The molecular weight excluding hydrogens is 342 g/mol. The summed E-state index contributed by atoms with van der Waals surface area (Å²) < 4.78 is 26.7. The lowest BCUT2D eigenvalue weighted by Gasteiger charge is -2.26. The highest BCUT2D eigenvalue weighted by Gasteiger charge is 2.30. The number of piperazine rings is 1. The number of rotatable bonds is 4. The van der Waals surface area contributed by atoms with Crippen LogP contribution < -0.4 is 5.32 Å². The number of carbonyl (C=O) groups is 2. The van der Waals surface area contributed by atoms with Crippen LogP contribution in [0.2, 0.25) is 0 Å². The van der Waals surface area contributed by atoms with E-state index < -0.39 is 10.0 Å². The van der Waals surface area contributed by atoms with E-state index in [4.69, 9.17) is 0 Å². The first-order valence-corrected chi connectivity index (χ1v) is 9.72. The summed E-state index contributed by atoms with van der Waals surface area (Å²) in [4.78, 5) is 26.0. The van der Waals surface area contributed by atoms with Crippen LogP contribution in [0.5, 0.6) is 0 Å². The minimum Gasteiger partial charge on any atom is -0.354 e. The monoisotopic (exact) mass is 363 g/mol. The summed E-state index contributed by atoms with van der Waals surface area (Å²) in [5, 5.41) is 2.60. The van der Waals surface area contributed by atoms with Gasteiger partial charge in [-0.05, 0) is 24.6 Å². The molecule has 0 aromatic heterocycles. The van der Waals surface area contributed by atoms with Crippen LogP contribution in [0, 0.1) is 0 Å². The average molecular weight is 363 g/mol. The Morgan fingerprint density at radius 3 is 2.88 bits per heavy atom. The Labute approximate surface area is 147 Å². The second-order valence-electron chi connectivity index (χ2n) is 6.08. The van der Waals surface area contributed by atoms with Crippen molar-refractivity contribution in [1.82, 2.24) is 14.5 Å². The lowest BCUT2D eigenvalue weighted by atomic mass is 10.1. The first-order valence-electron chi connectivity index (χ1n) is 8.28. The van der Waals surface area contributed by atoms with E-state index in [1.165, 1.54) is 12.1 Å². The SMILES string of the molecule is CCC1C=CCN1C(=O)c1cccc(S(=O)(=O)N2CCNC(=O)C2)c1. The summed E-state index contributed by atoms with van der Waals surface area (Å²) in [6.07, 6.45) is 4.74. The first kappa shape index (κ1) is 17.6. The van der Waals surface area contributed by atoms with E-state index in [2.05, 4.69) is 5.32 Å². The Balaban J connectivity index is 1.86. The molecular formula is C17H21N3O4S. The van der Waals surface area contributed by atoms with Crippen LogP contribution in [0.1, 0.15) is 23.7 Å². The lowest BCUT2D eigenvalue weighted by molar-refractivity contribution is -0.122. The zero-order valence-corrected chi connectivity index (χ0v) is 14.8. The Kier molecular flexibility index (Phi) is 4.91. The molecule has 0 spiro atoms. The van der Waals surface area contributed by atoms with Gasteiger partial charge in [-0.15, -0.1) is 0 Å². The maximum Gasteiger partial charge on any atom is 0.254 e. The molecule has 0 saturated carbocycles. The lowest BCUT2D eigenvalue weighted by Crippen LogP contribution is -2.49. The molecule has 25 heavy (non-hydrogen) atoms. The van der Waals surface area contributed by atoms with Crippen LogP contribution in [-0.4, -0.2) is 61.7 Å². The summed E-state index contributed by atoms with van der Waals surface area (Å²) in [5.74, 6) is -0.513. The molecule has 134 valence electrons. The molecule has 3 rings (SSSR count). The number of hydrogen-bond acceptors (Lipinski definition) is 4. The van der Waals surface area contributed by atoms with Gasteiger partial charge in [0, 0.05) is 25.2 Å². The molecule has 1 atom stereocenters. The standard InChI is InChI=1S/C17H21N3O4S/c1-2-14-6-4-9-20(14)17(22)13-5-3-7-15(11-13)25(23,24)19-10-8-18-16(21)12-19/h3-7,11,14H,2,8-10,12H2,1H3,(H,18,21). The van der Waals surface area contributed by atoms with E-state index in [1.54, 1.807) is 17.0 Å². The van der Waals surface area contributed by atoms with Gasteiger partial charge in [-0.25, -0.2) is 8.42 Å². The van der Waals surface area contributed by atoms with Gasteiger partial charge < -0.3 is 10.2 Å². The number of hydrogen-bond donors (Lipinski definition) is 1. The summed E-state index contributed by atoms with van der Waals surface area (Å²) in [6, 6.07) is 6.08. The van der Waals surface area contributed by atoms with Gasteiger partial charge >= 0.3 is 0 Å². The highest BCUT2D eigenvalue weighted by atomic mass is 32.2. The van der Waals surface area contributed by atoms with Gasteiger partial charge in [-0.1, -0.05) is 25.1 Å². The van der Waals surface area contributed by atoms with Crippen molar-refractivity contribution in [3.63, 3.8) is 0 Å². The number of carbonyl (C=O) groups excluding carboxylic acids is 2. The van der Waals surface area contributed by atoms with E-state index in [-0.39, 0.29) is 42.4 Å². The fraction of sp³-hybridized carbons (Fsp3) is 0.412. The number of nitrogens with one attached hydrogen (secondary N) is 1. The highest BCUT2D eigenvalue weighted by Crippen LogP contribution is 2.21. The molecule has 2 heterocycles. The van der Waals surface area contributed by atoms with E-state index in [9.17, 15) is 18.0 Å². The molecule has 7 nitrogen and oxygen atoms in total. The predicted molar refractivity (Wildman–Crippen MR) is 92.5 cm³/mol. The van der Waals surface area contributed by atoms with Crippen LogP contribution in [0.15, 0.2) is 41.3 Å². The quantitative estimate of drug-likeness (QED) is 0.794. The van der Waals surface area contributed by atoms with Crippen molar-refractivity contribution in [2.24, 2.45) is 0 Å². The largest absolute Gasteiger partial charge is 0.354 e. The molecule has 2 amide bonds. The summed E-state index contributed by atoms with van der Waals surface area (Å²) in [6.45, 7) is 2.84. The molecule has 0 radical (unpaired) electrons. The molecule has 1 aromatic rings. The third kappa shape index (κ3) is 3.45. The maximum absolute atomic E-state index is 12.8. The second kappa shape index (κ2) is 6.97. The Hall–Kier alpha value is -2.19. The van der Waals surface area contributed by atoms with Gasteiger partial charge in [0.1, 0.15) is 0 Å². The molecule has 1 saturated heterocycles. The maximum atomic E-state index is 12.8. The molecule has 1 unspecified atom stereocenters. The Bertz CT molecular complexity index is 819. The van der Waals surface area contributed by atoms with Gasteiger partial charge in [-0.2, -0.15) is 4.31 Å². The average Bonchev–Trinajstić information content (AvgIpc) is 3.10. The summed E-state index contributed by atoms with van der Waals surface area (Å²) >= 11 is 0. The van der Waals surface area contributed by atoms with Gasteiger partial charge in [0.15, 0.2) is 0 Å². The molecule has 8 heteroatoms. The third-order valence-electron chi connectivity index (χ3n) is 4.46. The molecule has 1 fully saturated rings. The summed E-state index contributed by atoms with van der Waals surface area (Å²) in [5.41, 5.74) is 0.338. The van der Waals surface area contributed by atoms with Crippen LogP contribution >= 0.6 is 0 Å². The van der Waals surface area contributed by atoms with Gasteiger partial charge in [0.05, 0.1) is 17.5 Å². The fourth-order valence-corrected chi connectivity index (χ4v) is 4.53. The number of benzene rings is 1. The molecule has 0 aliphatic carbocycles. The van der Waals surface area contributed by atoms with Crippen LogP contribution in [0.4, 0.5) is 0 Å². The first-order chi connectivity index (χ1) is 11.9. The summed E-state index contributed by atoms with van der Waals surface area (Å²) in [7, 11) is -3.81.